The van der Waals surface area contributed by atoms with E-state index in [1.807, 2.05) is 0 Å². The van der Waals surface area contributed by atoms with E-state index in [0.717, 1.165) is 6.42 Å². The Labute approximate surface area is 86.0 Å². The molecule has 0 bridgehead atoms. The molecule has 76 valence electrons. The van der Waals surface area contributed by atoms with Crippen LogP contribution in [0.3, 0.4) is 0 Å². The van der Waals surface area contributed by atoms with Crippen molar-refractivity contribution in [3.05, 3.63) is 11.2 Å². The van der Waals surface area contributed by atoms with Gasteiger partial charge in [0.1, 0.15) is 5.00 Å². The van der Waals surface area contributed by atoms with E-state index in [2.05, 4.69) is 17.2 Å². The van der Waals surface area contributed by atoms with Crippen LogP contribution < -0.4 is 5.32 Å². The molecule has 2 atom stereocenters. The summed E-state index contributed by atoms with van der Waals surface area (Å²) >= 11 is 1.35. The topological polar surface area (TPSA) is 62.2 Å². The van der Waals surface area contributed by atoms with E-state index >= 15 is 0 Å². The third-order valence-corrected chi connectivity index (χ3v) is 3.46. The number of nitrogens with zero attached hydrogens (tertiary/aromatic N) is 1. The van der Waals surface area contributed by atoms with Crippen molar-refractivity contribution in [3.8, 4) is 0 Å². The minimum atomic E-state index is -0.958. The molecule has 14 heavy (non-hydrogen) atoms. The predicted molar refractivity (Wildman–Crippen MR) is 54.9 cm³/mol. The van der Waals surface area contributed by atoms with Gasteiger partial charge in [-0.05, 0) is 18.8 Å². The molecule has 1 heterocycles. The van der Waals surface area contributed by atoms with Gasteiger partial charge in [-0.25, -0.2) is 9.78 Å². The first kappa shape index (κ1) is 9.45. The summed E-state index contributed by atoms with van der Waals surface area (Å²) in [4.78, 5) is 14.6. The molecule has 0 amide bonds. The molecule has 1 aromatic rings. The second-order valence-corrected chi connectivity index (χ2v) is 4.50. The Bertz CT molecular complexity index is 350. The van der Waals surface area contributed by atoms with Crippen molar-refractivity contribution >= 4 is 22.3 Å². The van der Waals surface area contributed by atoms with E-state index in [9.17, 15) is 4.79 Å². The third kappa shape index (κ3) is 1.59. The molecule has 0 aromatic carbocycles. The number of carboxylic acid groups (broad SMARTS) is 1. The minimum Gasteiger partial charge on any atom is -0.476 e. The first-order chi connectivity index (χ1) is 6.68. The third-order valence-electron chi connectivity index (χ3n) is 2.71. The lowest BCUT2D eigenvalue weighted by atomic mass is 9.81. The highest BCUT2D eigenvalue weighted by Crippen LogP contribution is 2.32. The number of hydrogen-bond donors (Lipinski definition) is 2. The van der Waals surface area contributed by atoms with Gasteiger partial charge >= 0.3 is 5.97 Å². The van der Waals surface area contributed by atoms with Crippen molar-refractivity contribution in [1.82, 2.24) is 4.98 Å². The van der Waals surface area contributed by atoms with Crippen LogP contribution in [0.4, 0.5) is 5.00 Å². The zero-order valence-electron chi connectivity index (χ0n) is 7.86. The lowest BCUT2D eigenvalue weighted by molar-refractivity contribution is 0.0692. The van der Waals surface area contributed by atoms with E-state index in [-0.39, 0.29) is 5.69 Å². The molecule has 2 rings (SSSR count). The Hall–Kier alpha value is -1.10. The zero-order valence-corrected chi connectivity index (χ0v) is 8.67. The van der Waals surface area contributed by atoms with Crippen LogP contribution in [-0.4, -0.2) is 22.1 Å². The summed E-state index contributed by atoms with van der Waals surface area (Å²) in [6, 6.07) is 0.425. The van der Waals surface area contributed by atoms with Crippen molar-refractivity contribution in [1.29, 1.82) is 0 Å². The Balaban J connectivity index is 2.08. The molecule has 0 saturated heterocycles. The van der Waals surface area contributed by atoms with Gasteiger partial charge in [-0.1, -0.05) is 6.92 Å². The molecule has 1 aliphatic rings. The van der Waals surface area contributed by atoms with Crippen LogP contribution in [0.1, 0.15) is 30.3 Å². The molecule has 5 heteroatoms. The lowest BCUT2D eigenvalue weighted by Gasteiger charge is -2.34. The van der Waals surface area contributed by atoms with Gasteiger partial charge in [0.2, 0.25) is 0 Å². The van der Waals surface area contributed by atoms with E-state index in [1.54, 1.807) is 5.51 Å². The van der Waals surface area contributed by atoms with Gasteiger partial charge < -0.3 is 10.4 Å². The number of anilines is 1. The number of aromatic nitrogens is 1. The van der Waals surface area contributed by atoms with Crippen molar-refractivity contribution in [2.45, 2.75) is 25.8 Å². The van der Waals surface area contributed by atoms with Crippen molar-refractivity contribution in [2.75, 3.05) is 5.32 Å². The summed E-state index contributed by atoms with van der Waals surface area (Å²) in [5.41, 5.74) is 1.71. The van der Waals surface area contributed by atoms with Gasteiger partial charge in [-0.15, -0.1) is 11.3 Å². The molecule has 2 N–H and O–H groups in total. The van der Waals surface area contributed by atoms with Gasteiger partial charge in [0.05, 0.1) is 5.51 Å². The van der Waals surface area contributed by atoms with Crippen LogP contribution in [0.5, 0.6) is 0 Å². The maximum absolute atomic E-state index is 10.8. The smallest absolute Gasteiger partial charge is 0.357 e. The maximum atomic E-state index is 10.8. The summed E-state index contributed by atoms with van der Waals surface area (Å²) in [6.07, 6.45) is 2.34. The standard InChI is InChI=1S/C9H12N2O2S/c1-5-2-3-6(5)11-8-7(9(12)13)10-4-14-8/h4-6,11H,2-3H2,1H3,(H,12,13). The van der Waals surface area contributed by atoms with Crippen LogP contribution in [0.15, 0.2) is 5.51 Å². The van der Waals surface area contributed by atoms with Crippen molar-refractivity contribution in [3.63, 3.8) is 0 Å². The highest BCUT2D eigenvalue weighted by Gasteiger charge is 2.28. The first-order valence-electron chi connectivity index (χ1n) is 4.62. The van der Waals surface area contributed by atoms with Crippen LogP contribution in [0.2, 0.25) is 0 Å². The van der Waals surface area contributed by atoms with Crippen LogP contribution in [0, 0.1) is 5.92 Å². The fourth-order valence-corrected chi connectivity index (χ4v) is 2.28. The first-order valence-corrected chi connectivity index (χ1v) is 5.49. The lowest BCUT2D eigenvalue weighted by Crippen LogP contribution is -2.36. The summed E-state index contributed by atoms with van der Waals surface area (Å²) < 4.78 is 0. The zero-order chi connectivity index (χ0) is 10.1. The Morgan fingerprint density at radius 3 is 3.00 bits per heavy atom. The fourth-order valence-electron chi connectivity index (χ4n) is 1.55. The molecule has 0 aliphatic heterocycles. The number of nitrogens with one attached hydrogen (secondary N) is 1. The van der Waals surface area contributed by atoms with E-state index in [4.69, 9.17) is 5.11 Å². The molecule has 1 aliphatic carbocycles. The number of aromatic carboxylic acids is 1. The molecular weight excluding hydrogens is 200 g/mol. The quantitative estimate of drug-likeness (QED) is 0.805. The second kappa shape index (κ2) is 3.57. The normalized spacial score (nSPS) is 25.5. The Morgan fingerprint density at radius 2 is 2.50 bits per heavy atom. The van der Waals surface area contributed by atoms with Gasteiger partial charge in [0.25, 0.3) is 0 Å². The number of carbonyl (C=O) groups is 1. The number of carboxylic acids is 1. The highest BCUT2D eigenvalue weighted by molar-refractivity contribution is 7.14. The van der Waals surface area contributed by atoms with Crippen LogP contribution in [-0.2, 0) is 0 Å². The summed E-state index contributed by atoms with van der Waals surface area (Å²) in [5.74, 6) is -0.320. The Kier molecular flexibility index (Phi) is 2.41. The number of thiazole rings is 1. The van der Waals surface area contributed by atoms with Crippen LogP contribution >= 0.6 is 11.3 Å². The van der Waals surface area contributed by atoms with E-state index < -0.39 is 5.97 Å². The summed E-state index contributed by atoms with van der Waals surface area (Å²) in [6.45, 7) is 2.17. The predicted octanol–water partition coefficient (Wildman–Crippen LogP) is 2.05. The highest BCUT2D eigenvalue weighted by atomic mass is 32.1. The molecule has 0 radical (unpaired) electrons. The van der Waals surface area contributed by atoms with Crippen molar-refractivity contribution in [2.24, 2.45) is 5.92 Å². The van der Waals surface area contributed by atoms with Gasteiger partial charge in [-0.3, -0.25) is 0 Å². The van der Waals surface area contributed by atoms with Gasteiger partial charge in [0.15, 0.2) is 5.69 Å². The largest absolute Gasteiger partial charge is 0.476 e. The Morgan fingerprint density at radius 1 is 1.71 bits per heavy atom. The molecule has 1 fully saturated rings. The molecule has 1 aromatic heterocycles. The molecule has 4 nitrogen and oxygen atoms in total. The van der Waals surface area contributed by atoms with E-state index in [0.29, 0.717) is 17.0 Å². The summed E-state index contributed by atoms with van der Waals surface area (Å²) in [7, 11) is 0. The molecule has 1 saturated carbocycles. The molecule has 0 spiro atoms. The van der Waals surface area contributed by atoms with E-state index in [1.165, 1.54) is 17.8 Å². The average Bonchev–Trinajstić information content (AvgIpc) is 2.59. The molecule has 2 unspecified atom stereocenters. The molecular formula is C9H12N2O2S. The number of hydrogen-bond acceptors (Lipinski definition) is 4. The monoisotopic (exact) mass is 212 g/mol. The number of rotatable bonds is 3. The maximum Gasteiger partial charge on any atom is 0.357 e. The summed E-state index contributed by atoms with van der Waals surface area (Å²) in [5, 5.41) is 12.8. The van der Waals surface area contributed by atoms with Crippen LogP contribution in [0.25, 0.3) is 0 Å². The van der Waals surface area contributed by atoms with Gasteiger partial charge in [-0.2, -0.15) is 0 Å². The van der Waals surface area contributed by atoms with Crippen molar-refractivity contribution < 1.29 is 9.90 Å². The fraction of sp³-hybridized carbons (Fsp3) is 0.556. The minimum absolute atomic E-state index is 0.147. The second-order valence-electron chi connectivity index (χ2n) is 3.64. The SMILES string of the molecule is CC1CCC1Nc1scnc1C(=O)O. The van der Waals surface area contributed by atoms with Gasteiger partial charge in [0, 0.05) is 6.04 Å². The average molecular weight is 212 g/mol.